The van der Waals surface area contributed by atoms with Crippen LogP contribution in [0.15, 0.2) is 55.1 Å². The summed E-state index contributed by atoms with van der Waals surface area (Å²) >= 11 is 6.39. The summed E-state index contributed by atoms with van der Waals surface area (Å²) in [5, 5.41) is 9.51. The van der Waals surface area contributed by atoms with Crippen LogP contribution in [0.3, 0.4) is 0 Å². The lowest BCUT2D eigenvalue weighted by molar-refractivity contribution is 0.252. The number of nitrogens with zero attached hydrogens (tertiary/aromatic N) is 2. The highest BCUT2D eigenvalue weighted by molar-refractivity contribution is 6.32. The fourth-order valence-corrected chi connectivity index (χ4v) is 3.13. The summed E-state index contributed by atoms with van der Waals surface area (Å²) in [6.45, 7) is 6.29. The number of aryl methyl sites for hydroxylation is 1. The van der Waals surface area contributed by atoms with Crippen molar-refractivity contribution in [3.05, 3.63) is 71.3 Å². The number of nitrogens with one attached hydrogen (secondary N) is 3. The first kappa shape index (κ1) is 21.5. The van der Waals surface area contributed by atoms with E-state index in [1.165, 1.54) is 0 Å². The molecule has 30 heavy (non-hydrogen) atoms. The number of halogens is 1. The van der Waals surface area contributed by atoms with Crippen LogP contribution < -0.4 is 20.7 Å². The van der Waals surface area contributed by atoms with Crippen molar-refractivity contribution >= 4 is 29.0 Å². The Balaban J connectivity index is 1.56. The molecule has 3 N–H and O–H groups in total. The maximum absolute atomic E-state index is 11.7. The molecule has 0 aliphatic carbocycles. The van der Waals surface area contributed by atoms with Crippen molar-refractivity contribution in [3.63, 3.8) is 0 Å². The number of carbonyl (C=O) groups excluding carboxylic acids is 1. The van der Waals surface area contributed by atoms with Gasteiger partial charge in [-0.15, -0.1) is 0 Å². The van der Waals surface area contributed by atoms with Crippen LogP contribution >= 0.6 is 11.6 Å². The average molecular weight is 428 g/mol. The number of carbonyl (C=O) groups is 1. The Kier molecular flexibility index (Phi) is 7.57. The topological polar surface area (TPSA) is 80.2 Å². The number of aromatic nitrogens is 2. The van der Waals surface area contributed by atoms with Gasteiger partial charge in [0.05, 0.1) is 17.9 Å². The van der Waals surface area contributed by atoms with Gasteiger partial charge in [0, 0.05) is 36.9 Å². The lowest BCUT2D eigenvalue weighted by Crippen LogP contribution is -2.28. The van der Waals surface area contributed by atoms with Crippen molar-refractivity contribution < 1.29 is 9.53 Å². The Labute approximate surface area is 181 Å². The van der Waals surface area contributed by atoms with E-state index in [4.69, 9.17) is 16.3 Å². The molecule has 1 aromatic heterocycles. The van der Waals surface area contributed by atoms with Crippen LogP contribution in [0, 0.1) is 6.92 Å². The zero-order chi connectivity index (χ0) is 21.3. The summed E-state index contributed by atoms with van der Waals surface area (Å²) in [4.78, 5) is 15.7. The van der Waals surface area contributed by atoms with Crippen molar-refractivity contribution in [1.29, 1.82) is 0 Å². The molecule has 8 heteroatoms. The molecule has 1 heterocycles. The van der Waals surface area contributed by atoms with Crippen molar-refractivity contribution in [1.82, 2.24) is 14.9 Å². The third-order valence-corrected chi connectivity index (χ3v) is 4.77. The normalized spacial score (nSPS) is 10.5. The average Bonchev–Trinajstić information content (AvgIpc) is 3.23. The molecule has 3 rings (SSSR count). The molecule has 2 aromatic carbocycles. The van der Waals surface area contributed by atoms with E-state index in [9.17, 15) is 4.79 Å². The Bertz CT molecular complexity index is 976. The quantitative estimate of drug-likeness (QED) is 0.463. The van der Waals surface area contributed by atoms with Crippen molar-refractivity contribution in [2.24, 2.45) is 0 Å². The van der Waals surface area contributed by atoms with Crippen LogP contribution in [0.1, 0.15) is 18.1 Å². The Hall–Kier alpha value is -3.19. The van der Waals surface area contributed by atoms with Gasteiger partial charge in [0.25, 0.3) is 0 Å². The molecule has 7 nitrogen and oxygen atoms in total. The summed E-state index contributed by atoms with van der Waals surface area (Å²) in [6, 6.07) is 11.3. The maximum atomic E-state index is 11.7. The van der Waals surface area contributed by atoms with Crippen LogP contribution in [0.4, 0.5) is 16.2 Å². The minimum absolute atomic E-state index is 0.220. The van der Waals surface area contributed by atoms with E-state index in [2.05, 4.69) is 20.9 Å². The third kappa shape index (κ3) is 6.15. The SMILES string of the molecule is CCNC(=O)Nc1ccc(C)c(NCc2ccc(OCCn3ccnc3)c(Cl)c2)c1. The lowest BCUT2D eigenvalue weighted by atomic mass is 10.1. The molecule has 0 spiro atoms. The second-order valence-corrected chi connectivity index (χ2v) is 7.19. The molecule has 0 aliphatic heterocycles. The number of rotatable bonds is 9. The summed E-state index contributed by atoms with van der Waals surface area (Å²) in [5.41, 5.74) is 3.79. The third-order valence-electron chi connectivity index (χ3n) is 4.48. The van der Waals surface area contributed by atoms with Gasteiger partial charge in [0.15, 0.2) is 0 Å². The van der Waals surface area contributed by atoms with Gasteiger partial charge < -0.3 is 25.3 Å². The summed E-state index contributed by atoms with van der Waals surface area (Å²) in [7, 11) is 0. The minimum atomic E-state index is -0.220. The molecular weight excluding hydrogens is 402 g/mol. The van der Waals surface area contributed by atoms with E-state index >= 15 is 0 Å². The van der Waals surface area contributed by atoms with Gasteiger partial charge in [0.2, 0.25) is 0 Å². The lowest BCUT2D eigenvalue weighted by Gasteiger charge is -2.14. The standard InChI is InChI=1S/C22H26ClN5O2/c1-3-25-22(29)27-18-6-4-16(2)20(13-18)26-14-17-5-7-21(19(23)12-17)30-11-10-28-9-8-24-15-28/h4-9,12-13,15,26H,3,10-11,14H2,1-2H3,(H2,25,27,29). The van der Waals surface area contributed by atoms with Crippen LogP contribution in [-0.4, -0.2) is 28.7 Å². The number of urea groups is 1. The predicted octanol–water partition coefficient (Wildman–Crippen LogP) is 4.68. The fraction of sp³-hybridized carbons (Fsp3) is 0.273. The summed E-state index contributed by atoms with van der Waals surface area (Å²) in [6.07, 6.45) is 5.38. The van der Waals surface area contributed by atoms with Crippen LogP contribution in [0.25, 0.3) is 0 Å². The molecule has 0 saturated heterocycles. The second-order valence-electron chi connectivity index (χ2n) is 6.78. The Morgan fingerprint density at radius 2 is 2.10 bits per heavy atom. The molecule has 2 amide bonds. The molecule has 0 atom stereocenters. The molecule has 3 aromatic rings. The van der Waals surface area contributed by atoms with E-state index < -0.39 is 0 Å². The van der Waals surface area contributed by atoms with Crippen molar-refractivity contribution in [2.75, 3.05) is 23.8 Å². The molecule has 0 aliphatic rings. The number of amides is 2. The van der Waals surface area contributed by atoms with Crippen LogP contribution in [0.5, 0.6) is 5.75 Å². The maximum Gasteiger partial charge on any atom is 0.319 e. The largest absolute Gasteiger partial charge is 0.490 e. The smallest absolute Gasteiger partial charge is 0.319 e. The van der Waals surface area contributed by atoms with E-state index in [1.54, 1.807) is 12.5 Å². The Morgan fingerprint density at radius 3 is 2.83 bits per heavy atom. The molecule has 0 radical (unpaired) electrons. The first-order chi connectivity index (χ1) is 14.5. The predicted molar refractivity (Wildman–Crippen MR) is 120 cm³/mol. The van der Waals surface area contributed by atoms with Gasteiger partial charge >= 0.3 is 6.03 Å². The monoisotopic (exact) mass is 427 g/mol. The van der Waals surface area contributed by atoms with E-state index in [1.807, 2.05) is 61.0 Å². The number of hydrogen-bond acceptors (Lipinski definition) is 4. The number of hydrogen-bond donors (Lipinski definition) is 3. The van der Waals surface area contributed by atoms with Gasteiger partial charge in [-0.25, -0.2) is 9.78 Å². The van der Waals surface area contributed by atoms with Gasteiger partial charge in [-0.05, 0) is 49.2 Å². The highest BCUT2D eigenvalue weighted by Gasteiger charge is 2.06. The number of benzene rings is 2. The van der Waals surface area contributed by atoms with E-state index in [0.29, 0.717) is 37.0 Å². The van der Waals surface area contributed by atoms with Crippen molar-refractivity contribution in [2.45, 2.75) is 26.9 Å². The van der Waals surface area contributed by atoms with Crippen LogP contribution in [0.2, 0.25) is 5.02 Å². The first-order valence-electron chi connectivity index (χ1n) is 9.81. The molecule has 0 saturated carbocycles. The van der Waals surface area contributed by atoms with Crippen LogP contribution in [-0.2, 0) is 13.1 Å². The number of ether oxygens (including phenoxy) is 1. The van der Waals surface area contributed by atoms with E-state index in [-0.39, 0.29) is 6.03 Å². The van der Waals surface area contributed by atoms with Crippen molar-refractivity contribution in [3.8, 4) is 5.75 Å². The zero-order valence-electron chi connectivity index (χ0n) is 17.1. The molecule has 0 bridgehead atoms. The molecule has 0 unspecified atom stereocenters. The number of anilines is 2. The van der Waals surface area contributed by atoms with Gasteiger partial charge in [0.1, 0.15) is 12.4 Å². The zero-order valence-corrected chi connectivity index (χ0v) is 17.9. The highest BCUT2D eigenvalue weighted by Crippen LogP contribution is 2.27. The van der Waals surface area contributed by atoms with Gasteiger partial charge in [-0.1, -0.05) is 23.7 Å². The highest BCUT2D eigenvalue weighted by atomic mass is 35.5. The molecule has 158 valence electrons. The summed E-state index contributed by atoms with van der Waals surface area (Å²) < 4.78 is 7.72. The summed E-state index contributed by atoms with van der Waals surface area (Å²) in [5.74, 6) is 0.657. The van der Waals surface area contributed by atoms with Gasteiger partial charge in [-0.2, -0.15) is 0 Å². The molecule has 0 fully saturated rings. The number of imidazole rings is 1. The minimum Gasteiger partial charge on any atom is -0.490 e. The second kappa shape index (κ2) is 10.5. The fourth-order valence-electron chi connectivity index (χ4n) is 2.87. The Morgan fingerprint density at radius 1 is 1.23 bits per heavy atom. The first-order valence-corrected chi connectivity index (χ1v) is 10.2. The van der Waals surface area contributed by atoms with E-state index in [0.717, 1.165) is 22.5 Å². The van der Waals surface area contributed by atoms with Gasteiger partial charge in [-0.3, -0.25) is 0 Å². The molecular formula is C22H26ClN5O2.